The fourth-order valence-electron chi connectivity index (χ4n) is 3.22. The van der Waals surface area contributed by atoms with Crippen LogP contribution in [-0.2, 0) is 9.13 Å². The number of fused-ring (bicyclic) bond motifs is 1. The Morgan fingerprint density at radius 3 is 2.30 bits per heavy atom. The summed E-state index contributed by atoms with van der Waals surface area (Å²) in [6, 6.07) is -0.157. The first kappa shape index (κ1) is 17.0. The van der Waals surface area contributed by atoms with Crippen LogP contribution in [0.25, 0.3) is 0 Å². The summed E-state index contributed by atoms with van der Waals surface area (Å²) in [7, 11) is -9.78. The zero-order valence-electron chi connectivity index (χ0n) is 11.2. The number of rotatable bonds is 3. The van der Waals surface area contributed by atoms with Crippen LogP contribution in [0.5, 0.6) is 0 Å². The van der Waals surface area contributed by atoms with Crippen molar-refractivity contribution < 1.29 is 28.7 Å². The van der Waals surface area contributed by atoms with Crippen LogP contribution in [-0.4, -0.2) is 53.6 Å². The molecule has 0 spiro atoms. The standard InChI is InChI=1S/C10H21NO6P2S/c1-7-2-3-8-9(6-7)20-5-4-11(8)10(18(12,13)14)19(15,16)17/h7-10H,2-6H2,1H3,(H2,12,13,14)(H2,15,16,17). The Kier molecular flexibility index (Phi) is 5.10. The molecule has 1 aliphatic heterocycles. The smallest absolute Gasteiger partial charge is 0.323 e. The Morgan fingerprint density at radius 2 is 1.75 bits per heavy atom. The van der Waals surface area contributed by atoms with Crippen molar-refractivity contribution in [2.24, 2.45) is 5.92 Å². The van der Waals surface area contributed by atoms with E-state index >= 15 is 0 Å². The largest absolute Gasteiger partial charge is 0.354 e. The lowest BCUT2D eigenvalue weighted by atomic mass is 9.86. The van der Waals surface area contributed by atoms with Crippen molar-refractivity contribution in [2.75, 3.05) is 12.3 Å². The Balaban J connectivity index is 2.29. The van der Waals surface area contributed by atoms with E-state index in [-0.39, 0.29) is 11.3 Å². The highest BCUT2D eigenvalue weighted by atomic mass is 32.2. The lowest BCUT2D eigenvalue weighted by Gasteiger charge is -2.47. The van der Waals surface area contributed by atoms with Gasteiger partial charge in [0.1, 0.15) is 0 Å². The highest BCUT2D eigenvalue weighted by molar-refractivity contribution is 8.00. The summed E-state index contributed by atoms with van der Waals surface area (Å²) in [5.41, 5.74) is -1.99. The number of nitrogens with zero attached hydrogens (tertiary/aromatic N) is 1. The number of hydrogen-bond donors (Lipinski definition) is 4. The van der Waals surface area contributed by atoms with Gasteiger partial charge in [0.2, 0.25) is 5.52 Å². The monoisotopic (exact) mass is 345 g/mol. The minimum atomic E-state index is -4.89. The van der Waals surface area contributed by atoms with Crippen molar-refractivity contribution in [3.63, 3.8) is 0 Å². The van der Waals surface area contributed by atoms with Crippen LogP contribution in [0, 0.1) is 5.92 Å². The summed E-state index contributed by atoms with van der Waals surface area (Å²) in [4.78, 5) is 38.9. The van der Waals surface area contributed by atoms with Gasteiger partial charge in [-0.3, -0.25) is 14.0 Å². The molecule has 0 aromatic rings. The molecule has 118 valence electrons. The minimum Gasteiger partial charge on any atom is -0.323 e. The highest BCUT2D eigenvalue weighted by Crippen LogP contribution is 2.62. The minimum absolute atomic E-state index is 0.157. The summed E-state index contributed by atoms with van der Waals surface area (Å²) in [6.45, 7) is 2.44. The lowest BCUT2D eigenvalue weighted by Crippen LogP contribution is -2.53. The van der Waals surface area contributed by atoms with E-state index in [2.05, 4.69) is 6.92 Å². The zero-order valence-corrected chi connectivity index (χ0v) is 13.8. The maximum Gasteiger partial charge on any atom is 0.354 e. The predicted molar refractivity (Wildman–Crippen MR) is 77.6 cm³/mol. The van der Waals surface area contributed by atoms with E-state index in [0.29, 0.717) is 18.2 Å². The third kappa shape index (κ3) is 3.68. The Morgan fingerprint density at radius 1 is 1.15 bits per heavy atom. The van der Waals surface area contributed by atoms with Crippen molar-refractivity contribution in [2.45, 2.75) is 43.0 Å². The van der Waals surface area contributed by atoms with Crippen molar-refractivity contribution in [1.29, 1.82) is 0 Å². The van der Waals surface area contributed by atoms with Gasteiger partial charge in [-0.25, -0.2) is 0 Å². The molecule has 3 atom stereocenters. The van der Waals surface area contributed by atoms with Crippen LogP contribution in [0.1, 0.15) is 26.2 Å². The second-order valence-corrected chi connectivity index (χ2v) is 10.7. The van der Waals surface area contributed by atoms with Gasteiger partial charge in [-0.05, 0) is 25.2 Å². The molecule has 2 rings (SSSR count). The molecule has 4 N–H and O–H groups in total. The van der Waals surface area contributed by atoms with Gasteiger partial charge in [0.25, 0.3) is 0 Å². The van der Waals surface area contributed by atoms with E-state index in [1.165, 1.54) is 4.90 Å². The Labute approximate surface area is 122 Å². The Bertz CT molecular complexity index is 429. The first-order valence-electron chi connectivity index (χ1n) is 6.58. The fraction of sp³-hybridized carbons (Fsp3) is 1.00. The van der Waals surface area contributed by atoms with Gasteiger partial charge in [-0.15, -0.1) is 0 Å². The van der Waals surface area contributed by atoms with E-state index < -0.39 is 20.7 Å². The number of hydrogen-bond acceptors (Lipinski definition) is 4. The van der Waals surface area contributed by atoms with Crippen LogP contribution >= 0.6 is 27.0 Å². The molecular weight excluding hydrogens is 324 g/mol. The van der Waals surface area contributed by atoms with Crippen LogP contribution in [0.3, 0.4) is 0 Å². The molecule has 1 aliphatic carbocycles. The third-order valence-corrected chi connectivity index (χ3v) is 8.98. The maximum absolute atomic E-state index is 11.6. The van der Waals surface area contributed by atoms with Crippen LogP contribution in [0.2, 0.25) is 0 Å². The second kappa shape index (κ2) is 6.01. The molecule has 2 fully saturated rings. The second-order valence-electron chi connectivity index (χ2n) is 5.66. The van der Waals surface area contributed by atoms with Gasteiger partial charge in [0.05, 0.1) is 0 Å². The van der Waals surface area contributed by atoms with Crippen LogP contribution < -0.4 is 0 Å². The molecule has 1 saturated heterocycles. The topological polar surface area (TPSA) is 118 Å². The normalized spacial score (nSPS) is 33.2. The molecule has 0 aromatic carbocycles. The molecule has 1 heterocycles. The summed E-state index contributed by atoms with van der Waals surface area (Å²) in [5, 5.41) is 0.202. The van der Waals surface area contributed by atoms with E-state index in [9.17, 15) is 28.7 Å². The van der Waals surface area contributed by atoms with Crippen molar-refractivity contribution in [3.05, 3.63) is 0 Å². The van der Waals surface area contributed by atoms with Gasteiger partial charge in [0.15, 0.2) is 0 Å². The van der Waals surface area contributed by atoms with E-state index in [1.807, 2.05) is 0 Å². The fourth-order valence-corrected chi connectivity index (χ4v) is 7.73. The average molecular weight is 345 g/mol. The SMILES string of the molecule is CC1CCC2C(C1)SCCN2C(P(=O)(O)O)P(=O)(O)O. The van der Waals surface area contributed by atoms with Crippen LogP contribution in [0.4, 0.5) is 0 Å². The van der Waals surface area contributed by atoms with E-state index in [0.717, 1.165) is 19.3 Å². The van der Waals surface area contributed by atoms with Gasteiger partial charge >= 0.3 is 15.2 Å². The molecule has 0 amide bonds. The van der Waals surface area contributed by atoms with Crippen molar-refractivity contribution >= 4 is 27.0 Å². The van der Waals surface area contributed by atoms with E-state index in [4.69, 9.17) is 0 Å². The molecule has 1 saturated carbocycles. The molecule has 0 aromatic heterocycles. The van der Waals surface area contributed by atoms with Gasteiger partial charge < -0.3 is 19.6 Å². The molecule has 0 bridgehead atoms. The average Bonchev–Trinajstić information content (AvgIpc) is 2.24. The van der Waals surface area contributed by atoms with Gasteiger partial charge in [-0.1, -0.05) is 6.92 Å². The molecule has 7 nitrogen and oxygen atoms in total. The first-order valence-corrected chi connectivity index (χ1v) is 11.0. The van der Waals surface area contributed by atoms with Gasteiger partial charge in [0, 0.05) is 23.6 Å². The first-order chi connectivity index (χ1) is 9.10. The summed E-state index contributed by atoms with van der Waals surface area (Å²) in [5.74, 6) is 1.19. The van der Waals surface area contributed by atoms with Crippen molar-refractivity contribution in [3.8, 4) is 0 Å². The lowest BCUT2D eigenvalue weighted by molar-refractivity contribution is 0.132. The third-order valence-electron chi connectivity index (χ3n) is 4.02. The number of thioether (sulfide) groups is 1. The van der Waals surface area contributed by atoms with E-state index in [1.54, 1.807) is 11.8 Å². The molecule has 0 radical (unpaired) electrons. The van der Waals surface area contributed by atoms with Crippen molar-refractivity contribution in [1.82, 2.24) is 4.90 Å². The maximum atomic E-state index is 11.6. The predicted octanol–water partition coefficient (Wildman–Crippen LogP) is 1.23. The highest BCUT2D eigenvalue weighted by Gasteiger charge is 2.52. The summed E-state index contributed by atoms with van der Waals surface area (Å²) in [6.07, 6.45) is 2.59. The molecule has 3 unspecified atom stereocenters. The summed E-state index contributed by atoms with van der Waals surface area (Å²) < 4.78 is 23.1. The molecular formula is C10H21NO6P2S. The van der Waals surface area contributed by atoms with Crippen LogP contribution in [0.15, 0.2) is 0 Å². The van der Waals surface area contributed by atoms with Gasteiger partial charge in [-0.2, -0.15) is 11.8 Å². The Hall–Kier alpha value is 0.610. The molecule has 2 aliphatic rings. The molecule has 10 heteroatoms. The quantitative estimate of drug-likeness (QED) is 0.564. The molecule has 20 heavy (non-hydrogen) atoms. The summed E-state index contributed by atoms with van der Waals surface area (Å²) >= 11 is 1.75. The zero-order chi connectivity index (χ0) is 15.1.